The lowest BCUT2D eigenvalue weighted by Gasteiger charge is -2.08. The summed E-state index contributed by atoms with van der Waals surface area (Å²) in [5.41, 5.74) is -0.197. The summed E-state index contributed by atoms with van der Waals surface area (Å²) in [6.45, 7) is 3.28. The minimum absolute atomic E-state index is 0.197. The highest BCUT2D eigenvalue weighted by Crippen LogP contribution is 2.35. The highest BCUT2D eigenvalue weighted by Gasteiger charge is 2.15. The second-order valence-electron chi connectivity index (χ2n) is 4.31. The molecule has 110 valence electrons. The van der Waals surface area contributed by atoms with Crippen LogP contribution >= 0.6 is 22.9 Å². The normalized spacial score (nSPS) is 10.6. The Hall–Kier alpha value is -2.37. The molecule has 1 aromatic heterocycles. The van der Waals surface area contributed by atoms with Gasteiger partial charge in [0.1, 0.15) is 0 Å². The maximum Gasteiger partial charge on any atom is 0.518 e. The summed E-state index contributed by atoms with van der Waals surface area (Å²) in [4.78, 5) is 24.1. The number of carbonyl (C=O) groups is 1. The SMILES string of the molecule is C=COC(=O)Oc1ccc(Cl)c2c(=O)c3ccccc3sc12. The predicted octanol–water partition coefficient (Wildman–Crippen LogP) is 4.73. The van der Waals surface area contributed by atoms with E-state index in [1.165, 1.54) is 23.5 Å². The van der Waals surface area contributed by atoms with Crippen molar-refractivity contribution in [3.05, 3.63) is 64.5 Å². The van der Waals surface area contributed by atoms with Gasteiger partial charge in [-0.05, 0) is 24.3 Å². The molecule has 4 nitrogen and oxygen atoms in total. The van der Waals surface area contributed by atoms with Crippen molar-refractivity contribution in [3.8, 4) is 5.75 Å². The topological polar surface area (TPSA) is 52.6 Å². The van der Waals surface area contributed by atoms with Crippen LogP contribution in [0.3, 0.4) is 0 Å². The van der Waals surface area contributed by atoms with Gasteiger partial charge in [-0.15, -0.1) is 11.3 Å². The average Bonchev–Trinajstić information content (AvgIpc) is 2.50. The van der Waals surface area contributed by atoms with Crippen LogP contribution in [0.1, 0.15) is 0 Å². The zero-order chi connectivity index (χ0) is 15.7. The third-order valence-electron chi connectivity index (χ3n) is 3.01. The Morgan fingerprint density at radius 3 is 2.77 bits per heavy atom. The molecule has 0 unspecified atom stereocenters. The van der Waals surface area contributed by atoms with E-state index in [1.807, 2.05) is 12.1 Å². The third kappa shape index (κ3) is 2.45. The fourth-order valence-corrected chi connectivity index (χ4v) is 3.55. The van der Waals surface area contributed by atoms with Crippen LogP contribution < -0.4 is 10.2 Å². The molecule has 0 saturated heterocycles. The highest BCUT2D eigenvalue weighted by atomic mass is 35.5. The Kier molecular flexibility index (Phi) is 3.83. The van der Waals surface area contributed by atoms with Crippen molar-refractivity contribution in [2.24, 2.45) is 0 Å². The van der Waals surface area contributed by atoms with Gasteiger partial charge in [0, 0.05) is 10.1 Å². The van der Waals surface area contributed by atoms with Gasteiger partial charge in [-0.2, -0.15) is 0 Å². The molecule has 0 spiro atoms. The number of rotatable bonds is 2. The molecule has 0 bridgehead atoms. The van der Waals surface area contributed by atoms with Crippen molar-refractivity contribution in [1.82, 2.24) is 0 Å². The van der Waals surface area contributed by atoms with Crippen LogP contribution in [0.25, 0.3) is 20.2 Å². The smallest absolute Gasteiger partial charge is 0.403 e. The predicted molar refractivity (Wildman–Crippen MR) is 87.9 cm³/mol. The first-order valence-electron chi connectivity index (χ1n) is 6.25. The van der Waals surface area contributed by atoms with Gasteiger partial charge in [0.05, 0.1) is 21.4 Å². The van der Waals surface area contributed by atoms with Crippen LogP contribution in [0.2, 0.25) is 5.02 Å². The van der Waals surface area contributed by atoms with Gasteiger partial charge in [-0.3, -0.25) is 4.79 Å². The number of carbonyl (C=O) groups excluding carboxylic acids is 1. The molecular weight excluding hydrogens is 324 g/mol. The molecule has 0 aliphatic rings. The van der Waals surface area contributed by atoms with Crippen LogP contribution in [0.15, 0.2) is 54.0 Å². The van der Waals surface area contributed by atoms with E-state index in [2.05, 4.69) is 11.3 Å². The number of hydrogen-bond acceptors (Lipinski definition) is 5. The summed E-state index contributed by atoms with van der Waals surface area (Å²) in [7, 11) is 0. The molecule has 0 saturated carbocycles. The van der Waals surface area contributed by atoms with Gasteiger partial charge in [0.2, 0.25) is 0 Å². The van der Waals surface area contributed by atoms with Gasteiger partial charge in [-0.1, -0.05) is 30.3 Å². The first-order valence-corrected chi connectivity index (χ1v) is 7.44. The van der Waals surface area contributed by atoms with Crippen LogP contribution in [-0.4, -0.2) is 6.16 Å². The summed E-state index contributed by atoms with van der Waals surface area (Å²) >= 11 is 7.47. The van der Waals surface area contributed by atoms with Crippen molar-refractivity contribution in [3.63, 3.8) is 0 Å². The lowest BCUT2D eigenvalue weighted by Crippen LogP contribution is -2.08. The summed E-state index contributed by atoms with van der Waals surface area (Å²) in [5, 5.41) is 1.22. The number of hydrogen-bond donors (Lipinski definition) is 0. The summed E-state index contributed by atoms with van der Waals surface area (Å²) in [6.07, 6.45) is 0.0459. The number of halogens is 1. The first kappa shape index (κ1) is 14.6. The van der Waals surface area contributed by atoms with E-state index in [9.17, 15) is 9.59 Å². The third-order valence-corrected chi connectivity index (χ3v) is 4.51. The zero-order valence-electron chi connectivity index (χ0n) is 11.2. The molecule has 0 amide bonds. The molecular formula is C16H9ClO4S. The van der Waals surface area contributed by atoms with Gasteiger partial charge < -0.3 is 9.47 Å². The van der Waals surface area contributed by atoms with Crippen molar-refractivity contribution in [2.45, 2.75) is 0 Å². The van der Waals surface area contributed by atoms with E-state index >= 15 is 0 Å². The molecule has 0 aliphatic carbocycles. The van der Waals surface area contributed by atoms with Gasteiger partial charge in [-0.25, -0.2) is 4.79 Å². The lowest BCUT2D eigenvalue weighted by molar-refractivity contribution is 0.136. The molecule has 3 rings (SSSR count). The van der Waals surface area contributed by atoms with Gasteiger partial charge in [0.25, 0.3) is 0 Å². The van der Waals surface area contributed by atoms with E-state index in [0.29, 0.717) is 20.5 Å². The maximum atomic E-state index is 12.6. The number of fused-ring (bicyclic) bond motifs is 2. The van der Waals surface area contributed by atoms with Crippen molar-refractivity contribution in [2.75, 3.05) is 0 Å². The Morgan fingerprint density at radius 1 is 1.23 bits per heavy atom. The van der Waals surface area contributed by atoms with E-state index in [-0.39, 0.29) is 11.2 Å². The monoisotopic (exact) mass is 332 g/mol. The van der Waals surface area contributed by atoms with E-state index in [1.54, 1.807) is 12.1 Å². The molecule has 0 N–H and O–H groups in total. The highest BCUT2D eigenvalue weighted by molar-refractivity contribution is 7.25. The van der Waals surface area contributed by atoms with Crippen molar-refractivity contribution < 1.29 is 14.3 Å². The molecule has 0 atom stereocenters. The van der Waals surface area contributed by atoms with Crippen LogP contribution in [0.5, 0.6) is 5.75 Å². The molecule has 6 heteroatoms. The first-order chi connectivity index (χ1) is 10.6. The van der Waals surface area contributed by atoms with Gasteiger partial charge >= 0.3 is 6.16 Å². The molecule has 2 aromatic carbocycles. The van der Waals surface area contributed by atoms with Crippen molar-refractivity contribution in [1.29, 1.82) is 0 Å². The molecule has 1 heterocycles. The Morgan fingerprint density at radius 2 is 2.00 bits per heavy atom. The fraction of sp³-hybridized carbons (Fsp3) is 0. The summed E-state index contributed by atoms with van der Waals surface area (Å²) in [6, 6.07) is 10.2. The second kappa shape index (κ2) is 5.79. The fourth-order valence-electron chi connectivity index (χ4n) is 2.10. The number of benzene rings is 2. The van der Waals surface area contributed by atoms with E-state index in [4.69, 9.17) is 16.3 Å². The standard InChI is InChI=1S/C16H9ClO4S/c1-2-20-16(19)21-11-8-7-10(17)13-14(18)9-5-3-4-6-12(9)22-15(11)13/h2-8H,1H2. The lowest BCUT2D eigenvalue weighted by atomic mass is 10.2. The minimum atomic E-state index is -0.925. The van der Waals surface area contributed by atoms with Gasteiger partial charge in [0.15, 0.2) is 11.2 Å². The minimum Gasteiger partial charge on any atom is -0.403 e. The molecule has 0 radical (unpaired) electrons. The second-order valence-corrected chi connectivity index (χ2v) is 5.77. The van der Waals surface area contributed by atoms with E-state index in [0.717, 1.165) is 11.0 Å². The van der Waals surface area contributed by atoms with Crippen LogP contribution in [0, 0.1) is 0 Å². The molecule has 22 heavy (non-hydrogen) atoms. The summed E-state index contributed by atoms with van der Waals surface area (Å²) in [5.74, 6) is 0.221. The number of ether oxygens (including phenoxy) is 2. The molecule has 0 fully saturated rings. The van der Waals surface area contributed by atoms with Crippen LogP contribution in [0.4, 0.5) is 4.79 Å². The maximum absolute atomic E-state index is 12.6. The molecule has 3 aromatic rings. The largest absolute Gasteiger partial charge is 0.518 e. The van der Waals surface area contributed by atoms with Crippen LogP contribution in [-0.2, 0) is 4.74 Å². The van der Waals surface area contributed by atoms with Crippen molar-refractivity contribution >= 4 is 49.3 Å². The Balaban J connectivity index is 2.31. The Labute approximate surface area is 134 Å². The quantitative estimate of drug-likeness (QED) is 0.295. The molecule has 0 aliphatic heterocycles. The summed E-state index contributed by atoms with van der Waals surface area (Å²) < 4.78 is 10.9. The Bertz CT molecular complexity index is 961. The average molecular weight is 333 g/mol. The van der Waals surface area contributed by atoms with E-state index < -0.39 is 6.16 Å². The zero-order valence-corrected chi connectivity index (χ0v) is 12.7.